The first-order chi connectivity index (χ1) is 15.1. The maximum atomic E-state index is 11.9. The van der Waals surface area contributed by atoms with Gasteiger partial charge in [0.25, 0.3) is 0 Å². The number of hydrogen-bond donors (Lipinski definition) is 3. The minimum Gasteiger partial charge on any atom is -0.393 e. The molecule has 10 unspecified atom stereocenters. The second-order valence-electron chi connectivity index (χ2n) is 14.5. The summed E-state index contributed by atoms with van der Waals surface area (Å²) in [6, 6.07) is 0. The average Bonchev–Trinajstić information content (AvgIpc) is 3.03. The van der Waals surface area contributed by atoms with E-state index in [0.29, 0.717) is 11.8 Å². The fraction of sp³-hybridized carbons (Fsp3) is 0.933. The Kier molecular flexibility index (Phi) is 6.28. The van der Waals surface area contributed by atoms with Crippen molar-refractivity contribution in [2.24, 2.45) is 45.3 Å². The highest BCUT2D eigenvalue weighted by molar-refractivity contribution is 5.20. The number of aliphatic hydroxyl groups is 3. The van der Waals surface area contributed by atoms with Crippen LogP contribution in [0.5, 0.6) is 0 Å². The van der Waals surface area contributed by atoms with Crippen LogP contribution in [0, 0.1) is 45.3 Å². The monoisotopic (exact) mass is 460 g/mol. The second kappa shape index (κ2) is 8.07. The lowest BCUT2D eigenvalue weighted by atomic mass is 9.35. The van der Waals surface area contributed by atoms with Crippen molar-refractivity contribution < 1.29 is 15.3 Å². The minimum atomic E-state index is -0.685. The Balaban J connectivity index is 1.66. The highest BCUT2D eigenvalue weighted by Gasteiger charge is 2.71. The summed E-state index contributed by atoms with van der Waals surface area (Å²) in [5, 5.41) is 34.3. The standard InChI is InChI=1S/C30H52O3/c1-19(2)10-9-14-30(8,33)20-11-16-28(6)21(20)18-22(31)25-27(5)15-13-24(32)26(3,4)23(27)12-17-29(25,28)7/h10,20-25,31-33H,9,11-18H2,1-8H3. The lowest BCUT2D eigenvalue weighted by Gasteiger charge is -2.70. The minimum absolute atomic E-state index is 0.0627. The SMILES string of the molecule is CC(C)=CCCC(C)(O)C1CCC2(C)C1CC(O)C1C3(C)CCC(O)C(C)(C)C3CCC12C. The summed E-state index contributed by atoms with van der Waals surface area (Å²) in [7, 11) is 0. The zero-order chi connectivity index (χ0) is 24.6. The van der Waals surface area contributed by atoms with E-state index in [4.69, 9.17) is 0 Å². The zero-order valence-corrected chi connectivity index (χ0v) is 22.7. The van der Waals surface area contributed by atoms with Gasteiger partial charge in [0.05, 0.1) is 17.8 Å². The first-order valence-corrected chi connectivity index (χ1v) is 13.8. The van der Waals surface area contributed by atoms with Crippen molar-refractivity contribution in [2.45, 2.75) is 131 Å². The molecular formula is C30H52O3. The van der Waals surface area contributed by atoms with E-state index in [1.807, 2.05) is 0 Å². The summed E-state index contributed by atoms with van der Waals surface area (Å²) in [6.45, 7) is 18.3. The molecule has 0 aromatic carbocycles. The van der Waals surface area contributed by atoms with Crippen molar-refractivity contribution in [1.82, 2.24) is 0 Å². The smallest absolute Gasteiger partial charge is 0.0653 e. The van der Waals surface area contributed by atoms with Crippen LogP contribution in [0.2, 0.25) is 0 Å². The Bertz CT molecular complexity index is 779. The summed E-state index contributed by atoms with van der Waals surface area (Å²) >= 11 is 0. The van der Waals surface area contributed by atoms with E-state index in [1.165, 1.54) is 5.57 Å². The molecule has 0 aromatic heterocycles. The Morgan fingerprint density at radius 1 is 0.939 bits per heavy atom. The van der Waals surface area contributed by atoms with E-state index in [-0.39, 0.29) is 45.7 Å². The van der Waals surface area contributed by atoms with Gasteiger partial charge in [-0.1, -0.05) is 46.3 Å². The molecule has 0 spiro atoms. The Morgan fingerprint density at radius 2 is 1.58 bits per heavy atom. The van der Waals surface area contributed by atoms with Crippen molar-refractivity contribution in [2.75, 3.05) is 0 Å². The van der Waals surface area contributed by atoms with Gasteiger partial charge in [0, 0.05) is 0 Å². The predicted molar refractivity (Wildman–Crippen MR) is 136 cm³/mol. The summed E-state index contributed by atoms with van der Waals surface area (Å²) in [4.78, 5) is 0. The number of hydrogen-bond acceptors (Lipinski definition) is 3. The van der Waals surface area contributed by atoms with Gasteiger partial charge in [0.1, 0.15) is 0 Å². The highest BCUT2D eigenvalue weighted by Crippen LogP contribution is 2.75. The van der Waals surface area contributed by atoms with E-state index >= 15 is 0 Å². The van der Waals surface area contributed by atoms with Crippen LogP contribution < -0.4 is 0 Å². The average molecular weight is 461 g/mol. The van der Waals surface area contributed by atoms with Gasteiger partial charge < -0.3 is 15.3 Å². The molecule has 4 aliphatic carbocycles. The molecule has 0 heterocycles. The first-order valence-electron chi connectivity index (χ1n) is 13.8. The molecule has 0 aromatic rings. The fourth-order valence-electron chi connectivity index (χ4n) is 10.4. The third kappa shape index (κ3) is 3.61. The Morgan fingerprint density at radius 3 is 2.21 bits per heavy atom. The van der Waals surface area contributed by atoms with Crippen LogP contribution in [-0.2, 0) is 0 Å². The topological polar surface area (TPSA) is 60.7 Å². The molecule has 0 amide bonds. The fourth-order valence-corrected chi connectivity index (χ4v) is 10.4. The normalized spacial score (nSPS) is 50.5. The molecule has 0 saturated heterocycles. The van der Waals surface area contributed by atoms with Gasteiger partial charge >= 0.3 is 0 Å². The van der Waals surface area contributed by atoms with E-state index in [0.717, 1.165) is 57.8 Å². The maximum Gasteiger partial charge on any atom is 0.0653 e. The van der Waals surface area contributed by atoms with Crippen molar-refractivity contribution in [3.63, 3.8) is 0 Å². The summed E-state index contributed by atoms with van der Waals surface area (Å²) in [5.41, 5.74) is 0.817. The molecule has 190 valence electrons. The lowest BCUT2D eigenvalue weighted by molar-refractivity contribution is -0.256. The summed E-state index contributed by atoms with van der Waals surface area (Å²) in [6.07, 6.45) is 10.6. The molecule has 0 radical (unpaired) electrons. The van der Waals surface area contributed by atoms with Crippen LogP contribution in [0.15, 0.2) is 11.6 Å². The van der Waals surface area contributed by atoms with Gasteiger partial charge in [-0.2, -0.15) is 0 Å². The predicted octanol–water partition coefficient (Wildman–Crippen LogP) is 6.50. The van der Waals surface area contributed by atoms with Gasteiger partial charge in [-0.05, 0) is 124 Å². The summed E-state index contributed by atoms with van der Waals surface area (Å²) in [5.74, 6) is 1.35. The molecular weight excluding hydrogens is 408 g/mol. The highest BCUT2D eigenvalue weighted by atomic mass is 16.3. The second-order valence-corrected chi connectivity index (χ2v) is 14.5. The van der Waals surface area contributed by atoms with Crippen LogP contribution in [0.1, 0.15) is 113 Å². The van der Waals surface area contributed by atoms with Crippen molar-refractivity contribution >= 4 is 0 Å². The van der Waals surface area contributed by atoms with Crippen LogP contribution in [0.3, 0.4) is 0 Å². The largest absolute Gasteiger partial charge is 0.393 e. The van der Waals surface area contributed by atoms with Crippen LogP contribution in [0.25, 0.3) is 0 Å². The van der Waals surface area contributed by atoms with Crippen LogP contribution in [-0.4, -0.2) is 33.1 Å². The molecule has 4 fully saturated rings. The Hall–Kier alpha value is -0.380. The van der Waals surface area contributed by atoms with Crippen molar-refractivity contribution in [3.05, 3.63) is 11.6 Å². The van der Waals surface area contributed by atoms with E-state index < -0.39 is 5.60 Å². The van der Waals surface area contributed by atoms with Gasteiger partial charge in [-0.3, -0.25) is 0 Å². The molecule has 4 aliphatic rings. The lowest BCUT2D eigenvalue weighted by Crippen LogP contribution is -2.67. The number of rotatable bonds is 4. The van der Waals surface area contributed by atoms with Crippen LogP contribution >= 0.6 is 0 Å². The molecule has 4 rings (SSSR count). The zero-order valence-electron chi connectivity index (χ0n) is 22.7. The molecule has 4 saturated carbocycles. The maximum absolute atomic E-state index is 11.9. The van der Waals surface area contributed by atoms with E-state index in [9.17, 15) is 15.3 Å². The van der Waals surface area contributed by atoms with Gasteiger partial charge in [-0.15, -0.1) is 0 Å². The third-order valence-electron chi connectivity index (χ3n) is 12.3. The van der Waals surface area contributed by atoms with Crippen molar-refractivity contribution in [1.29, 1.82) is 0 Å². The molecule has 0 aliphatic heterocycles. The van der Waals surface area contributed by atoms with Crippen LogP contribution in [0.4, 0.5) is 0 Å². The molecule has 33 heavy (non-hydrogen) atoms. The van der Waals surface area contributed by atoms with Gasteiger partial charge in [0.2, 0.25) is 0 Å². The van der Waals surface area contributed by atoms with Gasteiger partial charge in [0.15, 0.2) is 0 Å². The molecule has 0 bridgehead atoms. The number of aliphatic hydroxyl groups excluding tert-OH is 2. The van der Waals surface area contributed by atoms with E-state index in [1.54, 1.807) is 0 Å². The van der Waals surface area contributed by atoms with E-state index in [2.05, 4.69) is 61.5 Å². The first kappa shape index (κ1) is 25.7. The molecule has 10 atom stereocenters. The quantitative estimate of drug-likeness (QED) is 0.420. The number of allylic oxidation sites excluding steroid dienone is 2. The molecule has 3 heteroatoms. The molecule has 3 nitrogen and oxygen atoms in total. The van der Waals surface area contributed by atoms with Crippen molar-refractivity contribution in [3.8, 4) is 0 Å². The molecule has 3 N–H and O–H groups in total. The Labute approximate surface area is 203 Å². The van der Waals surface area contributed by atoms with Gasteiger partial charge in [-0.25, -0.2) is 0 Å². The summed E-state index contributed by atoms with van der Waals surface area (Å²) < 4.78 is 0. The third-order valence-corrected chi connectivity index (χ3v) is 12.3. The number of fused-ring (bicyclic) bond motifs is 5.